The van der Waals surface area contributed by atoms with Crippen molar-refractivity contribution in [3.8, 4) is 5.88 Å². The van der Waals surface area contributed by atoms with Crippen LogP contribution in [-0.2, 0) is 11.0 Å². The second-order valence-electron chi connectivity index (χ2n) is 8.80. The zero-order valence-electron chi connectivity index (χ0n) is 18.0. The van der Waals surface area contributed by atoms with Gasteiger partial charge in [0.2, 0.25) is 11.8 Å². The summed E-state index contributed by atoms with van der Waals surface area (Å²) in [5.41, 5.74) is -0.732. The van der Waals surface area contributed by atoms with Crippen LogP contribution in [0.2, 0.25) is 0 Å². The maximum Gasteiger partial charge on any atom is 0.417 e. The Labute approximate surface area is 193 Å². The van der Waals surface area contributed by atoms with E-state index in [0.29, 0.717) is 19.4 Å². The van der Waals surface area contributed by atoms with E-state index in [0.717, 1.165) is 18.7 Å². The van der Waals surface area contributed by atoms with Gasteiger partial charge >= 0.3 is 6.18 Å². The van der Waals surface area contributed by atoms with Crippen LogP contribution in [0.3, 0.4) is 0 Å². The molecule has 6 nitrogen and oxygen atoms in total. The molecule has 6 rings (SSSR count). The van der Waals surface area contributed by atoms with Crippen LogP contribution >= 0.6 is 0 Å². The summed E-state index contributed by atoms with van der Waals surface area (Å²) in [6.45, 7) is 0.551. The summed E-state index contributed by atoms with van der Waals surface area (Å²) >= 11 is 0. The van der Waals surface area contributed by atoms with Gasteiger partial charge in [0.25, 0.3) is 0 Å². The minimum Gasteiger partial charge on any atom is -0.472 e. The Kier molecular flexibility index (Phi) is 5.83. The molecule has 0 spiro atoms. The van der Waals surface area contributed by atoms with Crippen LogP contribution in [0.4, 0.5) is 17.6 Å². The van der Waals surface area contributed by atoms with Gasteiger partial charge in [-0.1, -0.05) is 6.08 Å². The molecule has 1 amide bonds. The molecular weight excluding hydrogens is 452 g/mol. The Bertz CT molecular complexity index is 1120. The molecule has 5 atom stereocenters. The van der Waals surface area contributed by atoms with Crippen molar-refractivity contribution in [3.63, 3.8) is 0 Å². The number of amides is 1. The standard InChI is InChI=1S/C24H22F4N4O2/c25-17-4-2-10-30-22(17)21-16(3-1-9-29-21)23(33)32-13-14-5-7-18(32)19(11-14)34-20-8-6-15(12-31-20)24(26,27)28/h1-4,6,8-10,12,14,16,18-19,21H,5,7,11,13H2. The maximum atomic E-state index is 14.4. The van der Waals surface area contributed by atoms with Crippen molar-refractivity contribution in [2.24, 2.45) is 16.8 Å². The second-order valence-corrected chi connectivity index (χ2v) is 8.80. The Hall–Kier alpha value is -3.30. The fourth-order valence-corrected chi connectivity index (χ4v) is 5.06. The number of nitrogens with zero attached hydrogens (tertiary/aromatic N) is 4. The number of pyridine rings is 2. The lowest BCUT2D eigenvalue weighted by atomic mass is 9.77. The third-order valence-corrected chi connectivity index (χ3v) is 6.68. The van der Waals surface area contributed by atoms with Crippen LogP contribution < -0.4 is 4.74 Å². The van der Waals surface area contributed by atoms with E-state index in [1.54, 1.807) is 17.1 Å². The third kappa shape index (κ3) is 4.28. The summed E-state index contributed by atoms with van der Waals surface area (Å²) in [5.74, 6) is -1.12. The van der Waals surface area contributed by atoms with E-state index in [2.05, 4.69) is 15.0 Å². The summed E-state index contributed by atoms with van der Waals surface area (Å²) in [4.78, 5) is 27.7. The molecule has 0 N–H and O–H groups in total. The summed E-state index contributed by atoms with van der Waals surface area (Å²) in [5, 5.41) is 0. The lowest BCUT2D eigenvalue weighted by molar-refractivity contribution is -0.148. The molecule has 34 heavy (non-hydrogen) atoms. The number of fused-ring (bicyclic) bond motifs is 3. The predicted octanol–water partition coefficient (Wildman–Crippen LogP) is 4.39. The fourth-order valence-electron chi connectivity index (χ4n) is 5.06. The van der Waals surface area contributed by atoms with Crippen molar-refractivity contribution in [3.05, 3.63) is 65.9 Å². The van der Waals surface area contributed by atoms with Gasteiger partial charge in [-0.25, -0.2) is 9.37 Å². The van der Waals surface area contributed by atoms with Gasteiger partial charge in [-0.3, -0.25) is 14.8 Å². The minimum absolute atomic E-state index is 0.0912. The lowest BCUT2D eigenvalue weighted by Gasteiger charge is -2.50. The number of ether oxygens (including phenoxy) is 1. The number of carbonyl (C=O) groups excluding carboxylic acids is 1. The highest BCUT2D eigenvalue weighted by Gasteiger charge is 2.47. The number of carbonyl (C=O) groups is 1. The van der Waals surface area contributed by atoms with Gasteiger partial charge in [0.05, 0.1) is 17.5 Å². The molecule has 5 unspecified atom stereocenters. The molecule has 3 aliphatic heterocycles. The Balaban J connectivity index is 1.35. The average molecular weight is 474 g/mol. The SMILES string of the molecule is O=C(C1C=CC=NC1c1ncccc1F)N1CC2CCC1C(Oc1ccc(C(F)(F)F)cn1)C2. The summed E-state index contributed by atoms with van der Waals surface area (Å²) in [7, 11) is 0. The number of halogens is 4. The van der Waals surface area contributed by atoms with E-state index in [1.807, 2.05) is 0 Å². The summed E-state index contributed by atoms with van der Waals surface area (Å²) in [6.07, 6.45) is 4.61. The van der Waals surface area contributed by atoms with Crippen molar-refractivity contribution < 1.29 is 27.1 Å². The van der Waals surface area contributed by atoms with E-state index < -0.39 is 29.5 Å². The van der Waals surface area contributed by atoms with Gasteiger partial charge in [0.1, 0.15) is 23.7 Å². The number of aliphatic imine (C=N–C) groups is 1. The zero-order valence-corrected chi connectivity index (χ0v) is 18.0. The quantitative estimate of drug-likeness (QED) is 0.617. The molecule has 5 heterocycles. The number of hydrogen-bond donors (Lipinski definition) is 0. The number of hydrogen-bond acceptors (Lipinski definition) is 5. The predicted molar refractivity (Wildman–Crippen MR) is 115 cm³/mol. The monoisotopic (exact) mass is 474 g/mol. The van der Waals surface area contributed by atoms with Gasteiger partial charge in [-0.05, 0) is 49.5 Å². The van der Waals surface area contributed by atoms with Crippen LogP contribution in [0.25, 0.3) is 0 Å². The number of allylic oxidation sites excluding steroid dienone is 1. The maximum absolute atomic E-state index is 14.4. The van der Waals surface area contributed by atoms with Crippen molar-refractivity contribution >= 4 is 12.1 Å². The van der Waals surface area contributed by atoms with Crippen LogP contribution in [0.15, 0.2) is 53.8 Å². The first-order chi connectivity index (χ1) is 16.3. The van der Waals surface area contributed by atoms with Crippen molar-refractivity contribution in [1.29, 1.82) is 0 Å². The van der Waals surface area contributed by atoms with E-state index in [1.165, 1.54) is 30.6 Å². The number of piperidine rings is 2. The van der Waals surface area contributed by atoms with Crippen LogP contribution in [0.1, 0.15) is 36.6 Å². The largest absolute Gasteiger partial charge is 0.472 e. The minimum atomic E-state index is -4.47. The van der Waals surface area contributed by atoms with Gasteiger partial charge in [0.15, 0.2) is 0 Å². The molecule has 2 aromatic heterocycles. The Morgan fingerprint density at radius 2 is 2.00 bits per heavy atom. The smallest absolute Gasteiger partial charge is 0.417 e. The zero-order chi connectivity index (χ0) is 23.9. The highest BCUT2D eigenvalue weighted by molar-refractivity contribution is 5.85. The Morgan fingerprint density at radius 1 is 1.15 bits per heavy atom. The normalized spacial score (nSPS) is 28.2. The topological polar surface area (TPSA) is 67.7 Å². The Morgan fingerprint density at radius 3 is 2.71 bits per heavy atom. The third-order valence-electron chi connectivity index (χ3n) is 6.68. The first-order valence-electron chi connectivity index (χ1n) is 11.1. The molecule has 3 fully saturated rings. The van der Waals surface area contributed by atoms with E-state index in [-0.39, 0.29) is 35.5 Å². The highest BCUT2D eigenvalue weighted by atomic mass is 19.4. The number of alkyl halides is 3. The van der Waals surface area contributed by atoms with Crippen LogP contribution in [-0.4, -0.2) is 45.7 Å². The molecule has 1 aliphatic carbocycles. The molecule has 1 saturated carbocycles. The second kappa shape index (κ2) is 8.81. The molecule has 2 bridgehead atoms. The molecule has 0 aromatic carbocycles. The molecular formula is C24H22F4N4O2. The van der Waals surface area contributed by atoms with Crippen LogP contribution in [0, 0.1) is 17.7 Å². The molecule has 178 valence electrons. The summed E-state index contributed by atoms with van der Waals surface area (Å²) in [6, 6.07) is 3.89. The van der Waals surface area contributed by atoms with Gasteiger partial charge in [-0.15, -0.1) is 0 Å². The van der Waals surface area contributed by atoms with E-state index >= 15 is 0 Å². The average Bonchev–Trinajstić information content (AvgIpc) is 2.84. The van der Waals surface area contributed by atoms with Gasteiger partial charge in [-0.2, -0.15) is 13.2 Å². The fraction of sp³-hybridized carbons (Fsp3) is 0.417. The number of aromatic nitrogens is 2. The molecule has 0 radical (unpaired) electrons. The van der Waals surface area contributed by atoms with E-state index in [4.69, 9.17) is 4.74 Å². The lowest BCUT2D eigenvalue weighted by Crippen LogP contribution is -2.60. The van der Waals surface area contributed by atoms with Gasteiger partial charge in [0, 0.05) is 31.2 Å². The number of dihydropyridines is 1. The van der Waals surface area contributed by atoms with Crippen molar-refractivity contribution in [2.45, 2.75) is 43.6 Å². The molecule has 10 heteroatoms. The molecule has 4 aliphatic rings. The molecule has 2 saturated heterocycles. The highest BCUT2D eigenvalue weighted by Crippen LogP contribution is 2.40. The first-order valence-corrected chi connectivity index (χ1v) is 11.1. The summed E-state index contributed by atoms with van der Waals surface area (Å²) < 4.78 is 58.9. The van der Waals surface area contributed by atoms with Crippen LogP contribution in [0.5, 0.6) is 5.88 Å². The molecule has 2 aromatic rings. The first kappa shape index (κ1) is 22.5. The van der Waals surface area contributed by atoms with E-state index in [9.17, 15) is 22.4 Å². The van der Waals surface area contributed by atoms with Gasteiger partial charge < -0.3 is 9.64 Å². The van der Waals surface area contributed by atoms with Crippen molar-refractivity contribution in [2.75, 3.05) is 6.54 Å². The van der Waals surface area contributed by atoms with Crippen molar-refractivity contribution in [1.82, 2.24) is 14.9 Å². The number of rotatable bonds is 4.